The molecule has 3 aromatic rings. The summed E-state index contributed by atoms with van der Waals surface area (Å²) in [6.45, 7) is 0.724. The molecule has 0 radical (unpaired) electrons. The van der Waals surface area contributed by atoms with E-state index in [1.807, 2.05) is 0 Å². The lowest BCUT2D eigenvalue weighted by molar-refractivity contribution is 0.0283. The summed E-state index contributed by atoms with van der Waals surface area (Å²) >= 11 is 0. The minimum atomic E-state index is -0.986. The SMILES string of the molecule is COc1ccc(O)c(C(=O)c2ccc(C(=O)OC3CNCC3NC(=O)c3ccc(O)cc3)cc2)c1F. The maximum absolute atomic E-state index is 14.5. The molecule has 0 aromatic heterocycles. The average molecular weight is 494 g/mol. The highest BCUT2D eigenvalue weighted by Gasteiger charge is 2.32. The zero-order valence-corrected chi connectivity index (χ0v) is 19.2. The van der Waals surface area contributed by atoms with Crippen molar-refractivity contribution in [2.24, 2.45) is 0 Å². The Balaban J connectivity index is 1.42. The molecule has 36 heavy (non-hydrogen) atoms. The van der Waals surface area contributed by atoms with Crippen LogP contribution in [0.5, 0.6) is 17.2 Å². The van der Waals surface area contributed by atoms with E-state index in [2.05, 4.69) is 10.6 Å². The lowest BCUT2D eigenvalue weighted by Gasteiger charge is -2.20. The molecule has 1 amide bonds. The topological polar surface area (TPSA) is 134 Å². The van der Waals surface area contributed by atoms with E-state index < -0.39 is 41.0 Å². The second-order valence-electron chi connectivity index (χ2n) is 8.11. The highest BCUT2D eigenvalue weighted by Crippen LogP contribution is 2.30. The molecule has 0 bridgehead atoms. The third-order valence-electron chi connectivity index (χ3n) is 5.78. The molecule has 1 saturated heterocycles. The summed E-state index contributed by atoms with van der Waals surface area (Å²) in [5.41, 5.74) is 0.0189. The quantitative estimate of drug-likeness (QED) is 0.291. The van der Waals surface area contributed by atoms with Crippen LogP contribution >= 0.6 is 0 Å². The fourth-order valence-corrected chi connectivity index (χ4v) is 3.82. The average Bonchev–Trinajstić information content (AvgIpc) is 3.30. The fraction of sp³-hybridized carbons (Fsp3) is 0.192. The van der Waals surface area contributed by atoms with E-state index in [1.54, 1.807) is 0 Å². The van der Waals surface area contributed by atoms with Crippen LogP contribution in [0, 0.1) is 5.82 Å². The number of carbonyl (C=O) groups is 3. The lowest BCUT2D eigenvalue weighted by Crippen LogP contribution is -2.44. The summed E-state index contributed by atoms with van der Waals surface area (Å²) in [4.78, 5) is 37.9. The molecule has 4 N–H and O–H groups in total. The number of amides is 1. The van der Waals surface area contributed by atoms with Crippen molar-refractivity contribution in [3.8, 4) is 17.2 Å². The summed E-state index contributed by atoms with van der Waals surface area (Å²) in [6.07, 6.45) is -0.636. The van der Waals surface area contributed by atoms with E-state index >= 15 is 0 Å². The number of aromatic hydroxyl groups is 2. The number of esters is 1. The Kier molecular flexibility index (Phi) is 7.16. The van der Waals surface area contributed by atoms with E-state index in [0.717, 1.165) is 6.07 Å². The minimum absolute atomic E-state index is 0.0408. The Bertz CT molecular complexity index is 1290. The molecule has 1 fully saturated rings. The number of hydrogen-bond donors (Lipinski definition) is 4. The number of rotatable bonds is 7. The van der Waals surface area contributed by atoms with Crippen LogP contribution < -0.4 is 15.4 Å². The van der Waals surface area contributed by atoms with E-state index in [-0.39, 0.29) is 28.5 Å². The molecular weight excluding hydrogens is 471 g/mol. The van der Waals surface area contributed by atoms with Gasteiger partial charge >= 0.3 is 5.97 Å². The van der Waals surface area contributed by atoms with Crippen molar-refractivity contribution in [3.63, 3.8) is 0 Å². The maximum Gasteiger partial charge on any atom is 0.338 e. The van der Waals surface area contributed by atoms with Gasteiger partial charge in [0.2, 0.25) is 0 Å². The summed E-state index contributed by atoms with van der Waals surface area (Å²) in [5, 5.41) is 25.2. The van der Waals surface area contributed by atoms with Crippen LogP contribution in [0.25, 0.3) is 0 Å². The first-order valence-electron chi connectivity index (χ1n) is 11.0. The van der Waals surface area contributed by atoms with Crippen molar-refractivity contribution in [2.45, 2.75) is 12.1 Å². The molecule has 0 saturated carbocycles. The molecule has 3 aromatic carbocycles. The van der Waals surface area contributed by atoms with Crippen LogP contribution in [-0.2, 0) is 4.74 Å². The normalized spacial score (nSPS) is 16.8. The molecule has 1 aliphatic heterocycles. The molecule has 2 unspecified atom stereocenters. The van der Waals surface area contributed by atoms with Crippen molar-refractivity contribution >= 4 is 17.7 Å². The molecule has 10 heteroatoms. The van der Waals surface area contributed by atoms with Gasteiger partial charge in [0, 0.05) is 24.2 Å². The Labute approximate surface area is 205 Å². The zero-order chi connectivity index (χ0) is 25.8. The van der Waals surface area contributed by atoms with Crippen molar-refractivity contribution in [1.29, 1.82) is 0 Å². The Morgan fingerprint density at radius 3 is 2.22 bits per heavy atom. The first kappa shape index (κ1) is 24.7. The van der Waals surface area contributed by atoms with Crippen LogP contribution in [0.3, 0.4) is 0 Å². The van der Waals surface area contributed by atoms with Gasteiger partial charge in [0.05, 0.1) is 18.7 Å². The summed E-state index contributed by atoms with van der Waals surface area (Å²) < 4.78 is 25.0. The number of ether oxygens (including phenoxy) is 2. The monoisotopic (exact) mass is 494 g/mol. The van der Waals surface area contributed by atoms with Gasteiger partial charge in [-0.05, 0) is 48.5 Å². The third kappa shape index (κ3) is 5.13. The number of phenolic OH excluding ortho intramolecular Hbond substituents is 2. The number of nitrogens with one attached hydrogen (secondary N) is 2. The third-order valence-corrected chi connectivity index (χ3v) is 5.78. The lowest BCUT2D eigenvalue weighted by atomic mass is 10.0. The number of hydrogen-bond acceptors (Lipinski definition) is 8. The minimum Gasteiger partial charge on any atom is -0.508 e. The second-order valence-corrected chi connectivity index (χ2v) is 8.11. The Morgan fingerprint density at radius 1 is 0.917 bits per heavy atom. The highest BCUT2D eigenvalue weighted by atomic mass is 19.1. The first-order chi connectivity index (χ1) is 17.3. The van der Waals surface area contributed by atoms with Gasteiger partial charge in [0.25, 0.3) is 5.91 Å². The van der Waals surface area contributed by atoms with Gasteiger partial charge in [-0.2, -0.15) is 0 Å². The number of benzene rings is 3. The summed E-state index contributed by atoms with van der Waals surface area (Å²) in [7, 11) is 1.24. The van der Waals surface area contributed by atoms with Crippen molar-refractivity contribution in [3.05, 3.63) is 88.7 Å². The molecule has 2 atom stereocenters. The van der Waals surface area contributed by atoms with Crippen LogP contribution in [0.4, 0.5) is 4.39 Å². The van der Waals surface area contributed by atoms with Crippen LogP contribution in [0.15, 0.2) is 60.7 Å². The van der Waals surface area contributed by atoms with Crippen LogP contribution in [0.1, 0.15) is 36.6 Å². The number of ketones is 1. The summed E-state index contributed by atoms with van der Waals surface area (Å²) in [5.74, 6) is -3.48. The largest absolute Gasteiger partial charge is 0.508 e. The summed E-state index contributed by atoms with van der Waals surface area (Å²) in [6, 6.07) is 13.0. The van der Waals surface area contributed by atoms with E-state index in [1.165, 1.54) is 61.7 Å². The second kappa shape index (κ2) is 10.4. The van der Waals surface area contributed by atoms with Gasteiger partial charge in [0.15, 0.2) is 17.3 Å². The number of phenols is 2. The maximum atomic E-state index is 14.5. The molecule has 4 rings (SSSR count). The van der Waals surface area contributed by atoms with E-state index in [0.29, 0.717) is 18.7 Å². The predicted octanol–water partition coefficient (Wildman–Crippen LogP) is 2.40. The zero-order valence-electron chi connectivity index (χ0n) is 19.2. The molecule has 0 aliphatic carbocycles. The molecular formula is C26H23FN2O7. The number of methoxy groups -OCH3 is 1. The fourth-order valence-electron chi connectivity index (χ4n) is 3.82. The highest BCUT2D eigenvalue weighted by molar-refractivity contribution is 6.11. The van der Waals surface area contributed by atoms with E-state index in [9.17, 15) is 29.0 Å². The Hall–Kier alpha value is -4.44. The molecule has 0 spiro atoms. The predicted molar refractivity (Wildman–Crippen MR) is 126 cm³/mol. The first-order valence-corrected chi connectivity index (χ1v) is 11.0. The van der Waals surface area contributed by atoms with Crippen molar-refractivity contribution < 1.29 is 38.5 Å². The molecule has 186 valence electrons. The van der Waals surface area contributed by atoms with Gasteiger partial charge in [0.1, 0.15) is 23.2 Å². The standard InChI is InChI=1S/C26H23FN2O7/c1-35-20-11-10-19(31)22(23(20)27)24(32)14-2-4-16(5-3-14)26(34)36-21-13-28-12-18(21)29-25(33)15-6-8-17(30)9-7-15/h2-11,18,21,28,30-31H,12-13H2,1H3,(H,29,33). The van der Waals surface area contributed by atoms with Crippen LogP contribution in [0.2, 0.25) is 0 Å². The molecule has 1 aliphatic rings. The van der Waals surface area contributed by atoms with Gasteiger partial charge in [-0.15, -0.1) is 0 Å². The smallest absolute Gasteiger partial charge is 0.338 e. The molecule has 1 heterocycles. The number of carbonyl (C=O) groups excluding carboxylic acids is 3. The van der Waals surface area contributed by atoms with E-state index in [4.69, 9.17) is 9.47 Å². The Morgan fingerprint density at radius 2 is 1.56 bits per heavy atom. The van der Waals surface area contributed by atoms with Gasteiger partial charge in [-0.1, -0.05) is 12.1 Å². The van der Waals surface area contributed by atoms with Gasteiger partial charge < -0.3 is 30.3 Å². The van der Waals surface area contributed by atoms with Gasteiger partial charge in [-0.3, -0.25) is 9.59 Å². The molecule has 9 nitrogen and oxygen atoms in total. The number of halogens is 1. The van der Waals surface area contributed by atoms with Crippen molar-refractivity contribution in [1.82, 2.24) is 10.6 Å². The van der Waals surface area contributed by atoms with Gasteiger partial charge in [-0.25, -0.2) is 9.18 Å². The van der Waals surface area contributed by atoms with Crippen molar-refractivity contribution in [2.75, 3.05) is 20.2 Å². The van der Waals surface area contributed by atoms with Crippen LogP contribution in [-0.4, -0.2) is 60.2 Å².